The Morgan fingerprint density at radius 2 is 2.00 bits per heavy atom. The highest BCUT2D eigenvalue weighted by Crippen LogP contribution is 2.12. The van der Waals surface area contributed by atoms with Gasteiger partial charge in [0.2, 0.25) is 5.89 Å². The van der Waals surface area contributed by atoms with Crippen LogP contribution in [0.5, 0.6) is 5.75 Å². The zero-order chi connectivity index (χ0) is 15.9. The number of hydrogen-bond acceptors (Lipinski definition) is 6. The molecule has 0 aliphatic carbocycles. The van der Waals surface area contributed by atoms with Crippen molar-refractivity contribution in [3.8, 4) is 5.75 Å². The monoisotopic (exact) mass is 304 g/mol. The lowest BCUT2D eigenvalue weighted by molar-refractivity contribution is -0.141. The molecule has 0 saturated heterocycles. The number of carbonyl (C=O) groups is 2. The number of benzene rings is 1. The molecular formula is C15H16N2O5. The second-order valence-electron chi connectivity index (χ2n) is 4.47. The molecule has 1 heterocycles. The molecule has 22 heavy (non-hydrogen) atoms. The molecule has 0 bridgehead atoms. The molecule has 0 unspecified atom stereocenters. The second kappa shape index (κ2) is 7.26. The Bertz CT molecular complexity index is 638. The molecule has 0 spiro atoms. The summed E-state index contributed by atoms with van der Waals surface area (Å²) in [4.78, 5) is 28.4. The second-order valence-corrected chi connectivity index (χ2v) is 4.47. The number of ether oxygens (including phenoxy) is 2. The minimum Gasteiger partial charge on any atom is -0.484 e. The van der Waals surface area contributed by atoms with Gasteiger partial charge in [-0.2, -0.15) is 0 Å². The van der Waals surface area contributed by atoms with E-state index in [1.807, 2.05) is 18.2 Å². The molecule has 7 nitrogen and oxygen atoms in total. The number of hydrogen-bond donors (Lipinski definition) is 0. The van der Waals surface area contributed by atoms with E-state index in [-0.39, 0.29) is 24.7 Å². The number of esters is 1. The number of likely N-dealkylation sites (N-methyl/N-ethyl adjacent to an activating group) is 1. The Hall–Kier alpha value is -2.83. The molecule has 0 atom stereocenters. The van der Waals surface area contributed by atoms with Gasteiger partial charge in [0.1, 0.15) is 18.6 Å². The fourth-order valence-electron chi connectivity index (χ4n) is 1.66. The summed E-state index contributed by atoms with van der Waals surface area (Å²) in [6.45, 7) is -0.0456. The highest BCUT2D eigenvalue weighted by molar-refractivity contribution is 5.93. The van der Waals surface area contributed by atoms with Gasteiger partial charge in [0.25, 0.3) is 5.91 Å². The van der Waals surface area contributed by atoms with Crippen molar-refractivity contribution in [2.45, 2.75) is 6.61 Å². The predicted molar refractivity (Wildman–Crippen MR) is 76.3 cm³/mol. The van der Waals surface area contributed by atoms with E-state index in [4.69, 9.17) is 9.15 Å². The molecule has 7 heteroatoms. The van der Waals surface area contributed by atoms with E-state index in [1.54, 1.807) is 12.1 Å². The molecule has 1 aromatic heterocycles. The van der Waals surface area contributed by atoms with Crippen LogP contribution in [0.25, 0.3) is 0 Å². The summed E-state index contributed by atoms with van der Waals surface area (Å²) in [5, 5.41) is 0. The lowest BCUT2D eigenvalue weighted by Gasteiger charge is -2.13. The average Bonchev–Trinajstić information content (AvgIpc) is 3.01. The van der Waals surface area contributed by atoms with Gasteiger partial charge >= 0.3 is 5.97 Å². The molecule has 0 radical (unpaired) electrons. The molecule has 2 aromatic rings. The lowest BCUT2D eigenvalue weighted by atomic mass is 10.3. The summed E-state index contributed by atoms with van der Waals surface area (Å²) < 4.78 is 15.2. The number of methoxy groups -OCH3 is 1. The Morgan fingerprint density at radius 1 is 1.27 bits per heavy atom. The number of oxazole rings is 1. The van der Waals surface area contributed by atoms with Gasteiger partial charge in [-0.1, -0.05) is 18.2 Å². The summed E-state index contributed by atoms with van der Waals surface area (Å²) >= 11 is 0. The first-order chi connectivity index (χ1) is 10.6. The number of carbonyl (C=O) groups excluding carboxylic acids is 2. The van der Waals surface area contributed by atoms with Gasteiger partial charge in [-0.05, 0) is 12.1 Å². The normalized spacial score (nSPS) is 10.1. The zero-order valence-corrected chi connectivity index (χ0v) is 12.3. The van der Waals surface area contributed by atoms with Crippen molar-refractivity contribution in [3.05, 3.63) is 48.2 Å². The van der Waals surface area contributed by atoms with E-state index >= 15 is 0 Å². The Labute approximate surface area is 127 Å². The van der Waals surface area contributed by atoms with Gasteiger partial charge in [-0.3, -0.25) is 9.59 Å². The van der Waals surface area contributed by atoms with Gasteiger partial charge in [0, 0.05) is 7.05 Å². The number of aromatic nitrogens is 1. The van der Waals surface area contributed by atoms with Crippen LogP contribution in [0, 0.1) is 0 Å². The van der Waals surface area contributed by atoms with E-state index in [0.29, 0.717) is 5.75 Å². The van der Waals surface area contributed by atoms with Crippen LogP contribution in [0.3, 0.4) is 0 Å². The summed E-state index contributed by atoms with van der Waals surface area (Å²) in [6, 6.07) is 9.19. The first-order valence-electron chi connectivity index (χ1n) is 6.54. The minimum atomic E-state index is -0.507. The lowest BCUT2D eigenvalue weighted by Crippen LogP contribution is -2.32. The molecule has 0 aliphatic rings. The molecule has 116 valence electrons. The van der Waals surface area contributed by atoms with Crippen LogP contribution in [0.4, 0.5) is 0 Å². The van der Waals surface area contributed by atoms with Crippen molar-refractivity contribution >= 4 is 11.9 Å². The summed E-state index contributed by atoms with van der Waals surface area (Å²) in [5.74, 6) is 0.0159. The number of nitrogens with zero attached hydrogens (tertiary/aromatic N) is 2. The van der Waals surface area contributed by atoms with Gasteiger partial charge in [-0.15, -0.1) is 0 Å². The third-order valence-corrected chi connectivity index (χ3v) is 2.82. The Balaban J connectivity index is 1.93. The predicted octanol–water partition coefficient (Wildman–Crippen LogP) is 1.50. The SMILES string of the molecule is COC(=O)CN(C)C(=O)c1coc(COc2ccccc2)n1. The summed E-state index contributed by atoms with van der Waals surface area (Å²) in [7, 11) is 2.74. The first kappa shape index (κ1) is 15.6. The van der Waals surface area contributed by atoms with E-state index < -0.39 is 11.9 Å². The molecule has 0 fully saturated rings. The highest BCUT2D eigenvalue weighted by atomic mass is 16.5. The maximum absolute atomic E-state index is 12.0. The summed E-state index contributed by atoms with van der Waals surface area (Å²) in [5.41, 5.74) is 0.109. The van der Waals surface area contributed by atoms with Crippen LogP contribution in [-0.2, 0) is 16.1 Å². The number of amides is 1. The van der Waals surface area contributed by atoms with E-state index in [2.05, 4.69) is 9.72 Å². The highest BCUT2D eigenvalue weighted by Gasteiger charge is 2.19. The average molecular weight is 304 g/mol. The van der Waals surface area contributed by atoms with Crippen LogP contribution in [0.1, 0.15) is 16.4 Å². The third kappa shape index (κ3) is 4.08. The van der Waals surface area contributed by atoms with Crippen molar-refractivity contribution in [1.82, 2.24) is 9.88 Å². The molecule has 0 aliphatic heterocycles. The molecule has 1 amide bonds. The van der Waals surface area contributed by atoms with E-state index in [1.165, 1.54) is 25.3 Å². The van der Waals surface area contributed by atoms with Gasteiger partial charge in [0.05, 0.1) is 7.11 Å². The molecule has 0 saturated carbocycles. The van der Waals surface area contributed by atoms with Crippen LogP contribution in [-0.4, -0.2) is 42.5 Å². The van der Waals surface area contributed by atoms with Crippen molar-refractivity contribution < 1.29 is 23.5 Å². The Morgan fingerprint density at radius 3 is 2.68 bits per heavy atom. The molecule has 2 rings (SSSR count). The number of para-hydroxylation sites is 1. The smallest absolute Gasteiger partial charge is 0.325 e. The minimum absolute atomic E-state index is 0.109. The quantitative estimate of drug-likeness (QED) is 0.752. The fourth-order valence-corrected chi connectivity index (χ4v) is 1.66. The molecular weight excluding hydrogens is 288 g/mol. The van der Waals surface area contributed by atoms with E-state index in [0.717, 1.165) is 0 Å². The maximum Gasteiger partial charge on any atom is 0.325 e. The van der Waals surface area contributed by atoms with Gasteiger partial charge in [0.15, 0.2) is 12.3 Å². The van der Waals surface area contributed by atoms with Crippen LogP contribution in [0.15, 0.2) is 41.0 Å². The molecule has 1 aromatic carbocycles. The summed E-state index contributed by atoms with van der Waals surface area (Å²) in [6.07, 6.45) is 1.24. The topological polar surface area (TPSA) is 81.9 Å². The van der Waals surface area contributed by atoms with Crippen molar-refractivity contribution in [1.29, 1.82) is 0 Å². The van der Waals surface area contributed by atoms with E-state index in [9.17, 15) is 9.59 Å². The Kier molecular flexibility index (Phi) is 5.13. The third-order valence-electron chi connectivity index (χ3n) is 2.82. The van der Waals surface area contributed by atoms with Crippen LogP contribution in [0.2, 0.25) is 0 Å². The standard InChI is InChI=1S/C15H16N2O5/c1-17(8-14(18)20-2)15(19)12-9-22-13(16-12)10-21-11-6-4-3-5-7-11/h3-7,9H,8,10H2,1-2H3. The zero-order valence-electron chi connectivity index (χ0n) is 12.3. The van der Waals surface area contributed by atoms with Crippen molar-refractivity contribution in [2.75, 3.05) is 20.7 Å². The van der Waals surface area contributed by atoms with Crippen LogP contribution < -0.4 is 4.74 Å². The fraction of sp³-hybridized carbons (Fsp3) is 0.267. The largest absolute Gasteiger partial charge is 0.484 e. The maximum atomic E-state index is 12.0. The van der Waals surface area contributed by atoms with Gasteiger partial charge in [-0.25, -0.2) is 4.98 Å². The van der Waals surface area contributed by atoms with Crippen LogP contribution >= 0.6 is 0 Å². The number of rotatable bonds is 6. The van der Waals surface area contributed by atoms with Crippen molar-refractivity contribution in [2.24, 2.45) is 0 Å². The van der Waals surface area contributed by atoms with Gasteiger partial charge < -0.3 is 18.8 Å². The molecule has 0 N–H and O–H groups in total. The first-order valence-corrected chi connectivity index (χ1v) is 6.54. The van der Waals surface area contributed by atoms with Crippen molar-refractivity contribution in [3.63, 3.8) is 0 Å².